The average molecular weight is 511 g/mol. The van der Waals surface area contributed by atoms with Crippen molar-refractivity contribution in [2.45, 2.75) is 38.8 Å². The SMILES string of the molecule is COc1ccc2c(c1)OC(C)(C)CC2NC(=O)CN(c1ccc(Br)c(C)c1)S(C)(=O)=O. The van der Waals surface area contributed by atoms with E-state index in [9.17, 15) is 13.2 Å². The zero-order valence-electron chi connectivity index (χ0n) is 18.2. The number of hydrogen-bond acceptors (Lipinski definition) is 5. The van der Waals surface area contributed by atoms with Crippen LogP contribution < -0.4 is 19.1 Å². The molecule has 0 spiro atoms. The fourth-order valence-electron chi connectivity index (χ4n) is 3.64. The van der Waals surface area contributed by atoms with E-state index in [1.165, 1.54) is 0 Å². The summed E-state index contributed by atoms with van der Waals surface area (Å²) in [4.78, 5) is 12.9. The molecule has 3 rings (SSSR count). The van der Waals surface area contributed by atoms with E-state index in [1.54, 1.807) is 31.4 Å². The molecule has 0 saturated heterocycles. The van der Waals surface area contributed by atoms with Crippen molar-refractivity contribution < 1.29 is 22.7 Å². The maximum atomic E-state index is 12.9. The molecule has 1 aliphatic rings. The van der Waals surface area contributed by atoms with Gasteiger partial charge in [-0.2, -0.15) is 0 Å². The van der Waals surface area contributed by atoms with Gasteiger partial charge in [0, 0.05) is 22.5 Å². The zero-order valence-corrected chi connectivity index (χ0v) is 20.6. The van der Waals surface area contributed by atoms with Crippen LogP contribution in [0.2, 0.25) is 0 Å². The standard InChI is InChI=1S/C22H27BrN2O5S/c1-14-10-15(6-9-18(14)23)25(31(5,27)28)13-21(26)24-19-12-22(2,3)30-20-11-16(29-4)7-8-17(19)20/h6-11,19H,12-13H2,1-5H3,(H,24,26). The molecular formula is C22H27BrN2O5S. The fourth-order valence-corrected chi connectivity index (χ4v) is 4.74. The van der Waals surface area contributed by atoms with Gasteiger partial charge in [-0.3, -0.25) is 9.10 Å². The second kappa shape index (κ2) is 8.70. The lowest BCUT2D eigenvalue weighted by atomic mass is 9.89. The molecule has 1 atom stereocenters. The molecule has 1 unspecified atom stereocenters. The van der Waals surface area contributed by atoms with Gasteiger partial charge in [-0.1, -0.05) is 15.9 Å². The Morgan fingerprint density at radius 3 is 2.61 bits per heavy atom. The highest BCUT2D eigenvalue weighted by atomic mass is 79.9. The molecule has 1 aliphatic heterocycles. The number of rotatable bonds is 6. The van der Waals surface area contributed by atoms with E-state index in [2.05, 4.69) is 21.2 Å². The molecule has 0 fully saturated rings. The summed E-state index contributed by atoms with van der Waals surface area (Å²) < 4.78 is 38.2. The first-order chi connectivity index (χ1) is 14.4. The number of aryl methyl sites for hydroxylation is 1. The van der Waals surface area contributed by atoms with Gasteiger partial charge >= 0.3 is 0 Å². The van der Waals surface area contributed by atoms with Crippen LogP contribution in [0.3, 0.4) is 0 Å². The highest BCUT2D eigenvalue weighted by molar-refractivity contribution is 9.10. The predicted molar refractivity (Wildman–Crippen MR) is 124 cm³/mol. The van der Waals surface area contributed by atoms with E-state index in [0.717, 1.165) is 26.2 Å². The van der Waals surface area contributed by atoms with Gasteiger partial charge in [0.25, 0.3) is 0 Å². The summed E-state index contributed by atoms with van der Waals surface area (Å²) >= 11 is 3.41. The van der Waals surface area contributed by atoms with E-state index in [4.69, 9.17) is 9.47 Å². The summed E-state index contributed by atoms with van der Waals surface area (Å²) in [5, 5.41) is 2.99. The highest BCUT2D eigenvalue weighted by Gasteiger charge is 2.35. The topological polar surface area (TPSA) is 84.9 Å². The van der Waals surface area contributed by atoms with Crippen LogP contribution in [0.1, 0.15) is 37.4 Å². The number of ether oxygens (including phenoxy) is 2. The Hall–Kier alpha value is -2.26. The molecule has 0 aliphatic carbocycles. The Labute approximate surface area is 191 Å². The summed E-state index contributed by atoms with van der Waals surface area (Å²) in [7, 11) is -2.08. The summed E-state index contributed by atoms with van der Waals surface area (Å²) in [6.07, 6.45) is 1.64. The smallest absolute Gasteiger partial charge is 0.241 e. The summed E-state index contributed by atoms with van der Waals surface area (Å²) in [5.41, 5.74) is 1.65. The largest absolute Gasteiger partial charge is 0.497 e. The van der Waals surface area contributed by atoms with Gasteiger partial charge in [-0.05, 0) is 56.7 Å². The number of amides is 1. The average Bonchev–Trinajstić information content (AvgIpc) is 2.66. The Balaban J connectivity index is 1.85. The van der Waals surface area contributed by atoms with Gasteiger partial charge in [0.15, 0.2) is 0 Å². The lowest BCUT2D eigenvalue weighted by Gasteiger charge is -2.38. The van der Waals surface area contributed by atoms with Gasteiger partial charge in [0.05, 0.1) is 25.1 Å². The minimum atomic E-state index is -3.66. The normalized spacial score (nSPS) is 17.3. The van der Waals surface area contributed by atoms with Crippen molar-refractivity contribution in [3.8, 4) is 11.5 Å². The van der Waals surface area contributed by atoms with E-state index in [1.807, 2.05) is 32.9 Å². The minimum absolute atomic E-state index is 0.315. The third kappa shape index (κ3) is 5.51. The first-order valence-corrected chi connectivity index (χ1v) is 12.4. The molecule has 9 heteroatoms. The molecular weight excluding hydrogens is 484 g/mol. The van der Waals surface area contributed by atoms with Crippen LogP contribution >= 0.6 is 15.9 Å². The van der Waals surface area contributed by atoms with Crippen molar-refractivity contribution in [3.63, 3.8) is 0 Å². The van der Waals surface area contributed by atoms with Crippen molar-refractivity contribution in [1.82, 2.24) is 5.32 Å². The van der Waals surface area contributed by atoms with Crippen LogP contribution in [0.4, 0.5) is 5.69 Å². The Kier molecular flexibility index (Phi) is 6.57. The number of sulfonamides is 1. The van der Waals surface area contributed by atoms with E-state index < -0.39 is 21.5 Å². The van der Waals surface area contributed by atoms with Crippen LogP contribution in [0.15, 0.2) is 40.9 Å². The van der Waals surface area contributed by atoms with Crippen molar-refractivity contribution in [1.29, 1.82) is 0 Å². The molecule has 7 nitrogen and oxygen atoms in total. The van der Waals surface area contributed by atoms with Crippen LogP contribution in [0.5, 0.6) is 11.5 Å². The van der Waals surface area contributed by atoms with Gasteiger partial charge in [-0.25, -0.2) is 8.42 Å². The van der Waals surface area contributed by atoms with Crippen molar-refractivity contribution in [3.05, 3.63) is 52.0 Å². The molecule has 1 amide bonds. The molecule has 31 heavy (non-hydrogen) atoms. The van der Waals surface area contributed by atoms with Crippen LogP contribution in [0.25, 0.3) is 0 Å². The van der Waals surface area contributed by atoms with Gasteiger partial charge in [-0.15, -0.1) is 0 Å². The summed E-state index contributed by atoms with van der Waals surface area (Å²) in [6.45, 7) is 5.44. The number of carbonyl (C=O) groups is 1. The number of nitrogens with one attached hydrogen (secondary N) is 1. The Bertz CT molecular complexity index is 1100. The number of halogens is 1. The molecule has 168 valence electrons. The third-order valence-corrected chi connectivity index (χ3v) is 7.16. The number of benzene rings is 2. The van der Waals surface area contributed by atoms with E-state index in [0.29, 0.717) is 23.6 Å². The number of nitrogens with zero attached hydrogens (tertiary/aromatic N) is 1. The first-order valence-electron chi connectivity index (χ1n) is 9.80. The van der Waals surface area contributed by atoms with E-state index in [-0.39, 0.29) is 12.6 Å². The van der Waals surface area contributed by atoms with Crippen molar-refractivity contribution in [2.75, 3.05) is 24.2 Å². The maximum absolute atomic E-state index is 12.9. The highest BCUT2D eigenvalue weighted by Crippen LogP contribution is 2.41. The minimum Gasteiger partial charge on any atom is -0.497 e. The Morgan fingerprint density at radius 2 is 2.00 bits per heavy atom. The molecule has 0 bridgehead atoms. The predicted octanol–water partition coefficient (Wildman–Crippen LogP) is 3.95. The molecule has 0 saturated carbocycles. The number of hydrogen-bond donors (Lipinski definition) is 1. The van der Waals surface area contributed by atoms with Crippen LogP contribution in [-0.2, 0) is 14.8 Å². The summed E-state index contributed by atoms with van der Waals surface area (Å²) in [5.74, 6) is 0.912. The monoisotopic (exact) mass is 510 g/mol. The molecule has 0 aromatic heterocycles. The third-order valence-electron chi connectivity index (χ3n) is 5.13. The fraction of sp³-hybridized carbons (Fsp3) is 0.409. The second-order valence-electron chi connectivity index (χ2n) is 8.29. The molecule has 0 radical (unpaired) electrons. The number of methoxy groups -OCH3 is 1. The number of carbonyl (C=O) groups excluding carboxylic acids is 1. The quantitative estimate of drug-likeness (QED) is 0.635. The molecule has 2 aromatic carbocycles. The first kappa shape index (κ1) is 23.4. The van der Waals surface area contributed by atoms with Crippen molar-refractivity contribution in [2.24, 2.45) is 0 Å². The second-order valence-corrected chi connectivity index (χ2v) is 11.1. The maximum Gasteiger partial charge on any atom is 0.241 e. The zero-order chi connectivity index (χ0) is 23.0. The van der Waals surface area contributed by atoms with Crippen molar-refractivity contribution >= 4 is 37.5 Å². The molecule has 1 heterocycles. The van der Waals surface area contributed by atoms with Gasteiger partial charge in [0.1, 0.15) is 23.6 Å². The molecule has 1 N–H and O–H groups in total. The van der Waals surface area contributed by atoms with Crippen LogP contribution in [0, 0.1) is 6.92 Å². The molecule has 2 aromatic rings. The number of anilines is 1. The lowest BCUT2D eigenvalue weighted by molar-refractivity contribution is -0.120. The lowest BCUT2D eigenvalue weighted by Crippen LogP contribution is -2.45. The van der Waals surface area contributed by atoms with Gasteiger partial charge < -0.3 is 14.8 Å². The Morgan fingerprint density at radius 1 is 1.29 bits per heavy atom. The summed E-state index contributed by atoms with van der Waals surface area (Å²) in [6, 6.07) is 10.3. The van der Waals surface area contributed by atoms with Gasteiger partial charge in [0.2, 0.25) is 15.9 Å². The van der Waals surface area contributed by atoms with Crippen LogP contribution in [-0.4, -0.2) is 39.8 Å². The van der Waals surface area contributed by atoms with E-state index >= 15 is 0 Å². The number of fused-ring (bicyclic) bond motifs is 1.